The van der Waals surface area contributed by atoms with E-state index >= 15 is 0 Å². The van der Waals surface area contributed by atoms with Gasteiger partial charge in [-0.25, -0.2) is 15.0 Å². The molecule has 2 aromatic heterocycles. The van der Waals surface area contributed by atoms with Gasteiger partial charge in [0.15, 0.2) is 5.82 Å². The summed E-state index contributed by atoms with van der Waals surface area (Å²) in [5.41, 5.74) is 2.25. The Labute approximate surface area is 159 Å². The van der Waals surface area contributed by atoms with Crippen molar-refractivity contribution in [3.8, 4) is 11.5 Å². The van der Waals surface area contributed by atoms with Crippen molar-refractivity contribution in [1.82, 2.24) is 24.8 Å². The average Bonchev–Trinajstić information content (AvgIpc) is 3.06. The molecule has 1 amide bonds. The summed E-state index contributed by atoms with van der Waals surface area (Å²) in [7, 11) is 3.67. The third kappa shape index (κ3) is 3.88. The summed E-state index contributed by atoms with van der Waals surface area (Å²) in [4.78, 5) is 26.4. The van der Waals surface area contributed by atoms with Gasteiger partial charge in [0.1, 0.15) is 11.4 Å². The minimum atomic E-state index is -0.109. The standard InChI is InChI=1S/C20H27N5O2/c1-25-12-21-11-18(25)19-23-16(13-4-3-5-13)10-17(24-19)20(26)22-14-6-8-15(27-2)9-7-14/h10-15H,3-9H2,1-2H3,(H,22,26). The predicted molar refractivity (Wildman–Crippen MR) is 101 cm³/mol. The van der Waals surface area contributed by atoms with Crippen molar-refractivity contribution in [2.75, 3.05) is 7.11 Å². The Morgan fingerprint density at radius 1 is 1.19 bits per heavy atom. The molecule has 0 atom stereocenters. The zero-order chi connectivity index (χ0) is 18.8. The van der Waals surface area contributed by atoms with Crippen molar-refractivity contribution < 1.29 is 9.53 Å². The number of imidazole rings is 1. The third-order valence-electron chi connectivity index (χ3n) is 5.89. The summed E-state index contributed by atoms with van der Waals surface area (Å²) in [5.74, 6) is 0.901. The van der Waals surface area contributed by atoms with Gasteiger partial charge in [0.25, 0.3) is 5.91 Å². The maximum atomic E-state index is 12.9. The number of nitrogens with one attached hydrogen (secondary N) is 1. The normalized spacial score (nSPS) is 23.0. The van der Waals surface area contributed by atoms with Crippen LogP contribution in [0, 0.1) is 0 Å². The fourth-order valence-electron chi connectivity index (χ4n) is 3.88. The number of rotatable bonds is 5. The minimum Gasteiger partial charge on any atom is -0.381 e. The number of amides is 1. The van der Waals surface area contributed by atoms with Crippen molar-refractivity contribution in [3.05, 3.63) is 30.0 Å². The van der Waals surface area contributed by atoms with Crippen LogP contribution in [-0.2, 0) is 11.8 Å². The topological polar surface area (TPSA) is 81.9 Å². The van der Waals surface area contributed by atoms with Gasteiger partial charge in [0.2, 0.25) is 0 Å². The van der Waals surface area contributed by atoms with Gasteiger partial charge < -0.3 is 14.6 Å². The molecule has 0 aromatic carbocycles. The van der Waals surface area contributed by atoms with Crippen LogP contribution < -0.4 is 5.32 Å². The van der Waals surface area contributed by atoms with Gasteiger partial charge >= 0.3 is 0 Å². The summed E-state index contributed by atoms with van der Waals surface area (Å²) in [5, 5.41) is 3.16. The molecule has 2 aliphatic carbocycles. The molecule has 2 aromatic rings. The number of methoxy groups -OCH3 is 1. The lowest BCUT2D eigenvalue weighted by atomic mass is 9.82. The molecule has 0 bridgehead atoms. The fraction of sp³-hybridized carbons (Fsp3) is 0.600. The second-order valence-electron chi connectivity index (χ2n) is 7.70. The van der Waals surface area contributed by atoms with Gasteiger partial charge in [0, 0.05) is 31.8 Å². The largest absolute Gasteiger partial charge is 0.381 e. The molecule has 7 nitrogen and oxygen atoms in total. The Kier molecular flexibility index (Phi) is 5.20. The lowest BCUT2D eigenvalue weighted by Crippen LogP contribution is -2.39. The average molecular weight is 369 g/mol. The molecule has 0 aliphatic heterocycles. The van der Waals surface area contributed by atoms with Crippen molar-refractivity contribution in [3.63, 3.8) is 0 Å². The second-order valence-corrected chi connectivity index (χ2v) is 7.70. The van der Waals surface area contributed by atoms with Gasteiger partial charge in [-0.2, -0.15) is 0 Å². The Hall–Kier alpha value is -2.28. The molecule has 27 heavy (non-hydrogen) atoms. The van der Waals surface area contributed by atoms with Crippen molar-refractivity contribution in [2.24, 2.45) is 7.05 Å². The van der Waals surface area contributed by atoms with Crippen LogP contribution in [0.1, 0.15) is 67.0 Å². The number of ether oxygens (including phenoxy) is 1. The zero-order valence-corrected chi connectivity index (χ0v) is 16.0. The molecule has 0 unspecified atom stereocenters. The quantitative estimate of drug-likeness (QED) is 0.876. The highest BCUT2D eigenvalue weighted by atomic mass is 16.5. The number of hydrogen-bond donors (Lipinski definition) is 1. The Morgan fingerprint density at radius 2 is 1.96 bits per heavy atom. The molecule has 144 valence electrons. The molecule has 2 aliphatic rings. The highest BCUT2D eigenvalue weighted by Crippen LogP contribution is 2.36. The van der Waals surface area contributed by atoms with Gasteiger partial charge in [-0.05, 0) is 44.6 Å². The third-order valence-corrected chi connectivity index (χ3v) is 5.89. The van der Waals surface area contributed by atoms with Crippen molar-refractivity contribution in [2.45, 2.75) is 63.0 Å². The fourth-order valence-corrected chi connectivity index (χ4v) is 3.88. The molecule has 2 fully saturated rings. The molecule has 0 radical (unpaired) electrons. The first-order valence-corrected chi connectivity index (χ1v) is 9.83. The minimum absolute atomic E-state index is 0.109. The predicted octanol–water partition coefficient (Wildman–Crippen LogP) is 2.83. The SMILES string of the molecule is COC1CCC(NC(=O)c2cc(C3CCC3)nc(-c3cncn3C)n2)CC1. The van der Waals surface area contributed by atoms with Gasteiger partial charge in [-0.3, -0.25) is 4.79 Å². The summed E-state index contributed by atoms with van der Waals surface area (Å²) in [6, 6.07) is 2.06. The van der Waals surface area contributed by atoms with E-state index in [9.17, 15) is 4.79 Å². The van der Waals surface area contributed by atoms with Crippen LogP contribution in [-0.4, -0.2) is 44.7 Å². The molecule has 0 saturated heterocycles. The monoisotopic (exact) mass is 369 g/mol. The zero-order valence-electron chi connectivity index (χ0n) is 16.0. The Bertz CT molecular complexity index is 806. The first-order chi connectivity index (χ1) is 13.1. The first kappa shape index (κ1) is 18.1. The highest BCUT2D eigenvalue weighted by molar-refractivity contribution is 5.93. The number of aromatic nitrogens is 4. The molecule has 2 saturated carbocycles. The molecule has 7 heteroatoms. The van der Waals surface area contributed by atoms with Crippen LogP contribution >= 0.6 is 0 Å². The number of carbonyl (C=O) groups is 1. The maximum absolute atomic E-state index is 12.9. The molecule has 2 heterocycles. The van der Waals surface area contributed by atoms with E-state index in [0.717, 1.165) is 49.9 Å². The Balaban J connectivity index is 1.56. The summed E-state index contributed by atoms with van der Waals surface area (Å²) < 4.78 is 7.30. The first-order valence-electron chi connectivity index (χ1n) is 9.83. The molecule has 1 N–H and O–H groups in total. The summed E-state index contributed by atoms with van der Waals surface area (Å²) >= 11 is 0. The summed E-state index contributed by atoms with van der Waals surface area (Å²) in [6.45, 7) is 0. The van der Waals surface area contributed by atoms with Gasteiger partial charge in [0.05, 0.1) is 18.6 Å². The van der Waals surface area contributed by atoms with Crippen LogP contribution in [0.2, 0.25) is 0 Å². The lowest BCUT2D eigenvalue weighted by Gasteiger charge is -2.28. The van der Waals surface area contributed by atoms with E-state index in [2.05, 4.69) is 15.3 Å². The van der Waals surface area contributed by atoms with E-state index in [0.29, 0.717) is 23.5 Å². The molecular formula is C20H27N5O2. The van der Waals surface area contributed by atoms with E-state index in [4.69, 9.17) is 9.72 Å². The number of nitrogens with zero attached hydrogens (tertiary/aromatic N) is 4. The van der Waals surface area contributed by atoms with Crippen LogP contribution in [0.25, 0.3) is 11.5 Å². The summed E-state index contributed by atoms with van der Waals surface area (Å²) in [6.07, 6.45) is 11.1. The highest BCUT2D eigenvalue weighted by Gasteiger charge is 2.26. The van der Waals surface area contributed by atoms with Gasteiger partial charge in [-0.1, -0.05) is 6.42 Å². The Morgan fingerprint density at radius 3 is 2.56 bits per heavy atom. The number of carbonyl (C=O) groups excluding carboxylic acids is 1. The molecular weight excluding hydrogens is 342 g/mol. The van der Waals surface area contributed by atoms with E-state index in [-0.39, 0.29) is 11.9 Å². The lowest BCUT2D eigenvalue weighted by molar-refractivity contribution is 0.0598. The van der Waals surface area contributed by atoms with E-state index in [1.165, 1.54) is 6.42 Å². The molecule has 4 rings (SSSR count). The van der Waals surface area contributed by atoms with Gasteiger partial charge in [-0.15, -0.1) is 0 Å². The number of hydrogen-bond acceptors (Lipinski definition) is 5. The van der Waals surface area contributed by atoms with Crippen LogP contribution in [0.4, 0.5) is 0 Å². The second kappa shape index (κ2) is 7.76. The van der Waals surface area contributed by atoms with E-state index in [1.54, 1.807) is 19.6 Å². The smallest absolute Gasteiger partial charge is 0.270 e. The van der Waals surface area contributed by atoms with Crippen molar-refractivity contribution >= 4 is 5.91 Å². The molecule has 0 spiro atoms. The van der Waals surface area contributed by atoms with E-state index < -0.39 is 0 Å². The van der Waals surface area contributed by atoms with Crippen LogP contribution in [0.3, 0.4) is 0 Å². The van der Waals surface area contributed by atoms with Crippen LogP contribution in [0.5, 0.6) is 0 Å². The number of aryl methyl sites for hydroxylation is 1. The maximum Gasteiger partial charge on any atom is 0.270 e. The van der Waals surface area contributed by atoms with Crippen molar-refractivity contribution in [1.29, 1.82) is 0 Å². The van der Waals surface area contributed by atoms with Crippen LogP contribution in [0.15, 0.2) is 18.6 Å². The van der Waals surface area contributed by atoms with E-state index in [1.807, 2.05) is 17.7 Å².